The number of aliphatic hydroxyl groups is 2. The summed E-state index contributed by atoms with van der Waals surface area (Å²) in [6.45, 7) is 0. The lowest BCUT2D eigenvalue weighted by Crippen LogP contribution is -2.41. The third-order valence-electron chi connectivity index (χ3n) is 1.77. The first-order valence-corrected chi connectivity index (χ1v) is 3.25. The maximum Gasteiger partial charge on any atom is 0.134 e. The fourth-order valence-corrected chi connectivity index (χ4v) is 1.07. The predicted octanol–water partition coefficient (Wildman–Crippen LogP) is 0.178. The molecule has 0 bridgehead atoms. The summed E-state index contributed by atoms with van der Waals surface area (Å²) >= 11 is 0. The quantitative estimate of drug-likeness (QED) is 0.519. The molecule has 0 saturated heterocycles. The van der Waals surface area contributed by atoms with Crippen LogP contribution in [0.25, 0.3) is 0 Å². The molecule has 2 nitrogen and oxygen atoms in total. The van der Waals surface area contributed by atoms with Crippen molar-refractivity contribution in [2.75, 3.05) is 0 Å². The largest absolute Gasteiger partial charge is 0.390 e. The van der Waals surface area contributed by atoms with E-state index >= 15 is 0 Å². The maximum absolute atomic E-state index is 12.4. The summed E-state index contributed by atoms with van der Waals surface area (Å²) in [7, 11) is 0. The zero-order valence-electron chi connectivity index (χ0n) is 5.37. The van der Waals surface area contributed by atoms with Crippen molar-refractivity contribution >= 4 is 0 Å². The smallest absolute Gasteiger partial charge is 0.134 e. The minimum absolute atomic E-state index is 0.289. The Balaban J connectivity index is 2.46. The van der Waals surface area contributed by atoms with E-state index in [4.69, 9.17) is 10.2 Å². The third-order valence-corrected chi connectivity index (χ3v) is 1.77. The second-order valence-electron chi connectivity index (χ2n) is 2.64. The highest BCUT2D eigenvalue weighted by Gasteiger charge is 2.35. The van der Waals surface area contributed by atoms with Crippen LogP contribution < -0.4 is 0 Å². The fourth-order valence-electron chi connectivity index (χ4n) is 1.07. The van der Waals surface area contributed by atoms with Gasteiger partial charge in [0.25, 0.3) is 0 Å². The van der Waals surface area contributed by atoms with Gasteiger partial charge in [0.15, 0.2) is 0 Å². The molecule has 0 aliphatic heterocycles. The molecule has 0 radical (unpaired) electrons. The van der Waals surface area contributed by atoms with Crippen molar-refractivity contribution in [2.45, 2.75) is 37.4 Å². The first-order chi connectivity index (χ1) is 4.61. The van der Waals surface area contributed by atoms with Crippen LogP contribution in [0.2, 0.25) is 0 Å². The summed E-state index contributed by atoms with van der Waals surface area (Å²) in [6, 6.07) is 0. The molecule has 0 heterocycles. The Morgan fingerprint density at radius 2 is 1.20 bits per heavy atom. The summed E-state index contributed by atoms with van der Waals surface area (Å²) in [5, 5.41) is 17.6. The second-order valence-corrected chi connectivity index (χ2v) is 2.64. The third kappa shape index (κ3) is 1.44. The number of halogens is 2. The van der Waals surface area contributed by atoms with E-state index in [-0.39, 0.29) is 12.8 Å². The van der Waals surface area contributed by atoms with Crippen LogP contribution in [0, 0.1) is 0 Å². The zero-order valence-corrected chi connectivity index (χ0v) is 5.37. The van der Waals surface area contributed by atoms with Crippen LogP contribution in [0.1, 0.15) is 12.8 Å². The van der Waals surface area contributed by atoms with Crippen LogP contribution in [-0.2, 0) is 0 Å². The highest BCUT2D eigenvalue weighted by molar-refractivity contribution is 4.85. The molecule has 0 aromatic carbocycles. The summed E-state index contributed by atoms with van der Waals surface area (Å²) < 4.78 is 24.7. The van der Waals surface area contributed by atoms with Crippen LogP contribution in [0.15, 0.2) is 0 Å². The number of aliphatic hydroxyl groups excluding tert-OH is 2. The van der Waals surface area contributed by atoms with Crippen LogP contribution in [-0.4, -0.2) is 34.8 Å². The molecule has 0 aromatic heterocycles. The van der Waals surface area contributed by atoms with Gasteiger partial charge < -0.3 is 10.2 Å². The average Bonchev–Trinajstić information content (AvgIpc) is 1.84. The standard InChI is InChI=1S/C6H10F2O2/c7-3-1-5(9)6(10)2-4(3)8/h3-6,9-10H,1-2H2/t3-,4+,5-,6?/m0/s1. The highest BCUT2D eigenvalue weighted by Crippen LogP contribution is 2.24. The molecule has 1 saturated carbocycles. The van der Waals surface area contributed by atoms with E-state index in [1.807, 2.05) is 0 Å². The van der Waals surface area contributed by atoms with E-state index in [2.05, 4.69) is 0 Å². The van der Waals surface area contributed by atoms with Gasteiger partial charge in [-0.15, -0.1) is 0 Å². The molecule has 2 N–H and O–H groups in total. The number of hydrogen-bond acceptors (Lipinski definition) is 2. The van der Waals surface area contributed by atoms with Gasteiger partial charge in [-0.25, -0.2) is 8.78 Å². The lowest BCUT2D eigenvalue weighted by atomic mass is 9.92. The van der Waals surface area contributed by atoms with E-state index in [0.717, 1.165) is 0 Å². The van der Waals surface area contributed by atoms with Gasteiger partial charge in [0.05, 0.1) is 12.2 Å². The monoisotopic (exact) mass is 152 g/mol. The second kappa shape index (κ2) is 2.80. The predicted molar refractivity (Wildman–Crippen MR) is 31.0 cm³/mol. The van der Waals surface area contributed by atoms with Crippen molar-refractivity contribution in [3.05, 3.63) is 0 Å². The molecule has 1 unspecified atom stereocenters. The van der Waals surface area contributed by atoms with Crippen molar-refractivity contribution in [3.63, 3.8) is 0 Å². The Kier molecular flexibility index (Phi) is 2.21. The Morgan fingerprint density at radius 1 is 0.900 bits per heavy atom. The maximum atomic E-state index is 12.4. The van der Waals surface area contributed by atoms with Gasteiger partial charge >= 0.3 is 0 Å². The Labute approximate surface area is 57.5 Å². The minimum Gasteiger partial charge on any atom is -0.390 e. The van der Waals surface area contributed by atoms with Crippen molar-refractivity contribution in [1.82, 2.24) is 0 Å². The first-order valence-electron chi connectivity index (χ1n) is 3.25. The molecular formula is C6H10F2O2. The molecule has 0 spiro atoms. The Hall–Kier alpha value is -0.220. The van der Waals surface area contributed by atoms with Crippen molar-refractivity contribution in [2.24, 2.45) is 0 Å². The number of rotatable bonds is 0. The number of alkyl halides is 2. The SMILES string of the molecule is OC1C[C@@H](F)[C@@H](F)C[C@@H]1O. The molecule has 60 valence electrons. The summed E-state index contributed by atoms with van der Waals surface area (Å²) in [5.41, 5.74) is 0. The first kappa shape index (κ1) is 7.88. The lowest BCUT2D eigenvalue weighted by Gasteiger charge is -2.28. The molecule has 1 rings (SSSR count). The van der Waals surface area contributed by atoms with Crippen LogP contribution in [0.4, 0.5) is 8.78 Å². The molecule has 0 aromatic rings. The van der Waals surface area contributed by atoms with Gasteiger partial charge in [-0.1, -0.05) is 0 Å². The van der Waals surface area contributed by atoms with Crippen molar-refractivity contribution < 1.29 is 19.0 Å². The van der Waals surface area contributed by atoms with Crippen LogP contribution >= 0.6 is 0 Å². The molecule has 1 fully saturated rings. The van der Waals surface area contributed by atoms with Gasteiger partial charge in [-0.05, 0) is 0 Å². The van der Waals surface area contributed by atoms with Gasteiger partial charge in [0, 0.05) is 12.8 Å². The molecule has 4 heteroatoms. The Bertz CT molecular complexity index is 94.3. The summed E-state index contributed by atoms with van der Waals surface area (Å²) in [6.07, 6.45) is -5.99. The molecule has 0 amide bonds. The van der Waals surface area contributed by atoms with Gasteiger partial charge in [-0.2, -0.15) is 0 Å². The van der Waals surface area contributed by atoms with E-state index in [1.54, 1.807) is 0 Å². The minimum atomic E-state index is -1.61. The van der Waals surface area contributed by atoms with Crippen LogP contribution in [0.3, 0.4) is 0 Å². The van der Waals surface area contributed by atoms with Crippen LogP contribution in [0.5, 0.6) is 0 Å². The molecule has 10 heavy (non-hydrogen) atoms. The normalized spacial score (nSPS) is 49.2. The van der Waals surface area contributed by atoms with E-state index < -0.39 is 24.6 Å². The molecular weight excluding hydrogens is 142 g/mol. The van der Waals surface area contributed by atoms with Crippen molar-refractivity contribution in [3.8, 4) is 0 Å². The van der Waals surface area contributed by atoms with E-state index in [9.17, 15) is 8.78 Å². The van der Waals surface area contributed by atoms with E-state index in [1.165, 1.54) is 0 Å². The topological polar surface area (TPSA) is 40.5 Å². The highest BCUT2D eigenvalue weighted by atomic mass is 19.2. The lowest BCUT2D eigenvalue weighted by molar-refractivity contribution is -0.0619. The average molecular weight is 152 g/mol. The van der Waals surface area contributed by atoms with Gasteiger partial charge in [0.2, 0.25) is 0 Å². The van der Waals surface area contributed by atoms with Gasteiger partial charge in [-0.3, -0.25) is 0 Å². The van der Waals surface area contributed by atoms with Crippen molar-refractivity contribution in [1.29, 1.82) is 0 Å². The molecule has 4 atom stereocenters. The fraction of sp³-hybridized carbons (Fsp3) is 1.00. The van der Waals surface area contributed by atoms with E-state index in [0.29, 0.717) is 0 Å². The summed E-state index contributed by atoms with van der Waals surface area (Å²) in [4.78, 5) is 0. The molecule has 1 aliphatic carbocycles. The number of hydrogen-bond donors (Lipinski definition) is 2. The zero-order chi connectivity index (χ0) is 7.72. The summed E-state index contributed by atoms with van der Waals surface area (Å²) in [5.74, 6) is 0. The Morgan fingerprint density at radius 3 is 1.50 bits per heavy atom. The molecule has 1 aliphatic rings. The van der Waals surface area contributed by atoms with Gasteiger partial charge in [0.1, 0.15) is 12.3 Å².